The quantitative estimate of drug-likeness (QED) is 0.174. The molecule has 1 unspecified atom stereocenters. The minimum absolute atomic E-state index is 0. The van der Waals surface area contributed by atoms with Gasteiger partial charge in [0, 0.05) is 63.9 Å². The standard InChI is InChI=1S/C23H35N5O4.HI/c1-19(18-28-10-3-9-26-28)17-25-23(24-8-4-11-30-15-14-29-2)27-20-6-7-21-22(16-20)32-13-5-12-31-21;/h3,6-7,9-10,16,19H,4-5,8,11-15,17-18H2,1-2H3,(H2,24,25,27);1H. The Morgan fingerprint density at radius 3 is 2.85 bits per heavy atom. The maximum Gasteiger partial charge on any atom is 0.195 e. The summed E-state index contributed by atoms with van der Waals surface area (Å²) in [5.41, 5.74) is 0.900. The Kier molecular flexibility index (Phi) is 13.0. The topological polar surface area (TPSA) is 91.2 Å². The van der Waals surface area contributed by atoms with Crippen LogP contribution in [0.1, 0.15) is 19.8 Å². The zero-order valence-electron chi connectivity index (χ0n) is 19.5. The van der Waals surface area contributed by atoms with Crippen LogP contribution < -0.4 is 20.1 Å². The number of methoxy groups -OCH3 is 1. The molecule has 2 N–H and O–H groups in total. The fourth-order valence-corrected chi connectivity index (χ4v) is 3.18. The number of aliphatic imine (C=N–C) groups is 1. The summed E-state index contributed by atoms with van der Waals surface area (Å²) in [4.78, 5) is 4.80. The highest BCUT2D eigenvalue weighted by Crippen LogP contribution is 2.32. The predicted molar refractivity (Wildman–Crippen MR) is 140 cm³/mol. The maximum atomic E-state index is 5.81. The van der Waals surface area contributed by atoms with Crippen molar-refractivity contribution < 1.29 is 18.9 Å². The van der Waals surface area contributed by atoms with Crippen molar-refractivity contribution in [1.82, 2.24) is 15.1 Å². The highest BCUT2D eigenvalue weighted by atomic mass is 127. The number of guanidine groups is 1. The molecule has 184 valence electrons. The third kappa shape index (κ3) is 10.2. The summed E-state index contributed by atoms with van der Waals surface area (Å²) < 4.78 is 24.0. The number of rotatable bonds is 12. The number of benzene rings is 1. The predicted octanol–water partition coefficient (Wildman–Crippen LogP) is 3.41. The van der Waals surface area contributed by atoms with E-state index >= 15 is 0 Å². The van der Waals surface area contributed by atoms with E-state index < -0.39 is 0 Å². The molecule has 0 fully saturated rings. The number of nitrogens with one attached hydrogen (secondary N) is 2. The average molecular weight is 573 g/mol. The van der Waals surface area contributed by atoms with E-state index in [1.54, 1.807) is 13.3 Å². The van der Waals surface area contributed by atoms with Crippen LogP contribution in [0.5, 0.6) is 11.5 Å². The van der Waals surface area contributed by atoms with Gasteiger partial charge in [0.15, 0.2) is 17.5 Å². The van der Waals surface area contributed by atoms with Crippen molar-refractivity contribution in [2.45, 2.75) is 26.3 Å². The van der Waals surface area contributed by atoms with Crippen LogP contribution in [0.3, 0.4) is 0 Å². The molecular formula is C23H36IN5O4. The zero-order valence-corrected chi connectivity index (χ0v) is 21.8. The van der Waals surface area contributed by atoms with Gasteiger partial charge >= 0.3 is 0 Å². The number of aromatic nitrogens is 2. The Hall–Kier alpha value is -2.05. The average Bonchev–Trinajstić information content (AvgIpc) is 3.19. The van der Waals surface area contributed by atoms with Gasteiger partial charge in [0.2, 0.25) is 0 Å². The van der Waals surface area contributed by atoms with Gasteiger partial charge in [-0.3, -0.25) is 9.67 Å². The van der Waals surface area contributed by atoms with E-state index in [1.807, 2.05) is 35.1 Å². The lowest BCUT2D eigenvalue weighted by Crippen LogP contribution is -2.33. The molecule has 3 rings (SSSR count). The number of hydrogen-bond donors (Lipinski definition) is 2. The molecule has 33 heavy (non-hydrogen) atoms. The van der Waals surface area contributed by atoms with Gasteiger partial charge in [-0.25, -0.2) is 0 Å². The van der Waals surface area contributed by atoms with Gasteiger partial charge in [-0.15, -0.1) is 24.0 Å². The minimum Gasteiger partial charge on any atom is -0.490 e. The molecule has 0 spiro atoms. The first-order valence-electron chi connectivity index (χ1n) is 11.2. The lowest BCUT2D eigenvalue weighted by molar-refractivity contribution is 0.0699. The molecule has 1 atom stereocenters. The molecule has 0 saturated carbocycles. The summed E-state index contributed by atoms with van der Waals surface area (Å²) in [5, 5.41) is 11.1. The van der Waals surface area contributed by atoms with Gasteiger partial charge in [0.1, 0.15) is 0 Å². The van der Waals surface area contributed by atoms with Crippen LogP contribution in [0.25, 0.3) is 0 Å². The molecule has 2 heterocycles. The van der Waals surface area contributed by atoms with E-state index in [0.29, 0.717) is 45.5 Å². The van der Waals surface area contributed by atoms with Crippen LogP contribution in [0, 0.1) is 5.92 Å². The smallest absolute Gasteiger partial charge is 0.195 e. The summed E-state index contributed by atoms with van der Waals surface area (Å²) in [7, 11) is 1.67. The number of halogens is 1. The third-order valence-corrected chi connectivity index (χ3v) is 4.82. The Bertz CT molecular complexity index is 819. The van der Waals surface area contributed by atoms with Crippen LogP contribution in [0.15, 0.2) is 41.7 Å². The van der Waals surface area contributed by atoms with Crippen LogP contribution in [0.2, 0.25) is 0 Å². The molecule has 1 aromatic carbocycles. The Balaban J connectivity index is 0.00000385. The molecule has 0 aliphatic carbocycles. The highest BCUT2D eigenvalue weighted by Gasteiger charge is 2.12. The van der Waals surface area contributed by atoms with Gasteiger partial charge in [0.05, 0.1) is 26.4 Å². The normalized spacial score (nSPS) is 14.2. The van der Waals surface area contributed by atoms with Crippen molar-refractivity contribution in [3.63, 3.8) is 0 Å². The number of fused-ring (bicyclic) bond motifs is 1. The van der Waals surface area contributed by atoms with Gasteiger partial charge in [-0.05, 0) is 30.5 Å². The lowest BCUT2D eigenvalue weighted by Gasteiger charge is -2.16. The number of ether oxygens (including phenoxy) is 4. The van der Waals surface area contributed by atoms with E-state index in [-0.39, 0.29) is 24.0 Å². The van der Waals surface area contributed by atoms with Gasteiger partial charge in [-0.2, -0.15) is 5.10 Å². The first kappa shape index (κ1) is 27.2. The monoisotopic (exact) mass is 573 g/mol. The molecule has 9 nitrogen and oxygen atoms in total. The number of hydrogen-bond acceptors (Lipinski definition) is 6. The number of nitrogens with zero attached hydrogens (tertiary/aromatic N) is 3. The molecule has 2 aromatic rings. The largest absolute Gasteiger partial charge is 0.490 e. The summed E-state index contributed by atoms with van der Waals surface area (Å²) in [6.45, 7) is 7.63. The van der Waals surface area contributed by atoms with Gasteiger partial charge < -0.3 is 29.6 Å². The van der Waals surface area contributed by atoms with Crippen molar-refractivity contribution in [2.75, 3.05) is 58.6 Å². The fraction of sp³-hybridized carbons (Fsp3) is 0.565. The van der Waals surface area contributed by atoms with Crippen LogP contribution in [0.4, 0.5) is 5.69 Å². The van der Waals surface area contributed by atoms with Crippen LogP contribution in [-0.2, 0) is 16.0 Å². The second-order valence-electron chi connectivity index (χ2n) is 7.75. The van der Waals surface area contributed by atoms with Gasteiger partial charge in [0.25, 0.3) is 0 Å². The SMILES string of the molecule is COCCOCCCNC(=NCC(C)Cn1cccn1)Nc1ccc2c(c1)OCCCO2.I. The van der Waals surface area contributed by atoms with E-state index in [4.69, 9.17) is 23.9 Å². The van der Waals surface area contributed by atoms with Crippen molar-refractivity contribution in [3.05, 3.63) is 36.7 Å². The molecule has 10 heteroatoms. The third-order valence-electron chi connectivity index (χ3n) is 4.82. The molecule has 1 aromatic heterocycles. The van der Waals surface area contributed by atoms with Crippen LogP contribution in [-0.4, -0.2) is 69.0 Å². The first-order valence-corrected chi connectivity index (χ1v) is 11.2. The summed E-state index contributed by atoms with van der Waals surface area (Å²) in [6, 6.07) is 7.80. The van der Waals surface area contributed by atoms with E-state index in [9.17, 15) is 0 Å². The summed E-state index contributed by atoms with van der Waals surface area (Å²) in [5.74, 6) is 2.60. The second kappa shape index (κ2) is 15.7. The second-order valence-corrected chi connectivity index (χ2v) is 7.75. The fourth-order valence-electron chi connectivity index (χ4n) is 3.18. The highest BCUT2D eigenvalue weighted by molar-refractivity contribution is 14.0. The van der Waals surface area contributed by atoms with Crippen molar-refractivity contribution >= 4 is 35.6 Å². The Morgan fingerprint density at radius 1 is 1.21 bits per heavy atom. The van der Waals surface area contributed by atoms with E-state index in [0.717, 1.165) is 49.1 Å². The Labute approximate surface area is 213 Å². The molecule has 1 aliphatic heterocycles. The van der Waals surface area contributed by atoms with Gasteiger partial charge in [-0.1, -0.05) is 6.92 Å². The Morgan fingerprint density at radius 2 is 2.06 bits per heavy atom. The summed E-state index contributed by atoms with van der Waals surface area (Å²) >= 11 is 0. The molecule has 1 aliphatic rings. The van der Waals surface area contributed by atoms with E-state index in [2.05, 4.69) is 22.7 Å². The first-order chi connectivity index (χ1) is 15.7. The van der Waals surface area contributed by atoms with Crippen molar-refractivity contribution in [1.29, 1.82) is 0 Å². The molecule has 0 radical (unpaired) electrons. The van der Waals surface area contributed by atoms with Crippen LogP contribution >= 0.6 is 24.0 Å². The van der Waals surface area contributed by atoms with Crippen molar-refractivity contribution in [2.24, 2.45) is 10.9 Å². The zero-order chi connectivity index (χ0) is 22.4. The minimum atomic E-state index is 0. The van der Waals surface area contributed by atoms with E-state index in [1.165, 1.54) is 0 Å². The molecule has 0 bridgehead atoms. The molecular weight excluding hydrogens is 537 g/mol. The van der Waals surface area contributed by atoms with Crippen molar-refractivity contribution in [3.8, 4) is 11.5 Å². The maximum absolute atomic E-state index is 5.81. The lowest BCUT2D eigenvalue weighted by atomic mass is 10.2. The number of anilines is 1. The molecule has 0 saturated heterocycles. The molecule has 0 amide bonds. The summed E-state index contributed by atoms with van der Waals surface area (Å²) in [6.07, 6.45) is 5.52.